The van der Waals surface area contributed by atoms with Gasteiger partial charge in [0.2, 0.25) is 0 Å². The molecule has 0 unspecified atom stereocenters. The number of ether oxygens (including phenoxy) is 3. The zero-order valence-corrected chi connectivity index (χ0v) is 26.1. The van der Waals surface area contributed by atoms with Gasteiger partial charge in [0.05, 0.1) is 18.6 Å². The van der Waals surface area contributed by atoms with Crippen molar-refractivity contribution in [1.82, 2.24) is 0 Å². The lowest BCUT2D eigenvalue weighted by Gasteiger charge is -2.14. The van der Waals surface area contributed by atoms with Gasteiger partial charge in [0.1, 0.15) is 23.0 Å². The van der Waals surface area contributed by atoms with Crippen LogP contribution in [0.15, 0.2) is 80.3 Å². The van der Waals surface area contributed by atoms with Crippen molar-refractivity contribution in [1.29, 1.82) is 0 Å². The molecule has 0 aliphatic carbocycles. The van der Waals surface area contributed by atoms with E-state index in [1.807, 2.05) is 6.07 Å². The molecule has 1 amide bonds. The van der Waals surface area contributed by atoms with Crippen molar-refractivity contribution in [3.8, 4) is 11.5 Å². The van der Waals surface area contributed by atoms with Gasteiger partial charge in [-0.3, -0.25) is 4.79 Å². The first-order valence-corrected chi connectivity index (χ1v) is 14.6. The number of aliphatic hydroxyl groups excluding tert-OH is 1. The van der Waals surface area contributed by atoms with E-state index in [9.17, 15) is 14.7 Å². The highest BCUT2D eigenvalue weighted by atomic mass is 79.9. The summed E-state index contributed by atoms with van der Waals surface area (Å²) in [6, 6.07) is 15.6. The molecule has 1 N–H and O–H groups in total. The molecule has 0 saturated carbocycles. The van der Waals surface area contributed by atoms with E-state index in [4.69, 9.17) is 37.4 Å². The summed E-state index contributed by atoms with van der Waals surface area (Å²) in [6.45, 7) is 3.71. The van der Waals surface area contributed by atoms with E-state index in [1.54, 1.807) is 68.5 Å². The Labute approximate surface area is 259 Å². The predicted octanol–water partition coefficient (Wildman–Crippen LogP) is 8.35. The minimum Gasteiger partial charge on any atom is -0.506 e. The Morgan fingerprint density at radius 3 is 2.54 bits per heavy atom. The number of esters is 1. The minimum atomic E-state index is -0.779. The van der Waals surface area contributed by atoms with Gasteiger partial charge >= 0.3 is 5.97 Å². The average molecular weight is 677 g/mol. The Bertz CT molecular complexity index is 1620. The molecule has 0 bridgehead atoms. The first kappa shape index (κ1) is 30.7. The van der Waals surface area contributed by atoms with E-state index in [1.165, 1.54) is 7.11 Å². The highest BCUT2D eigenvalue weighted by Crippen LogP contribution is 2.42. The van der Waals surface area contributed by atoms with Crippen LogP contribution in [0.3, 0.4) is 0 Å². The molecular weight excluding hydrogens is 653 g/mol. The molecule has 212 valence electrons. The number of aliphatic hydroxyl groups is 1. The lowest BCUT2D eigenvalue weighted by atomic mass is 10.1. The number of hydrogen-bond acceptors (Lipinski definition) is 7. The summed E-state index contributed by atoms with van der Waals surface area (Å²) in [5, 5.41) is 12.1. The zero-order chi connectivity index (χ0) is 29.7. The number of hydrogen-bond donors (Lipinski definition) is 1. The zero-order valence-electron chi connectivity index (χ0n) is 22.2. The van der Waals surface area contributed by atoms with Gasteiger partial charge in [0.25, 0.3) is 5.91 Å². The van der Waals surface area contributed by atoms with Crippen molar-refractivity contribution >= 4 is 73.9 Å². The number of nitrogens with zero attached hydrogens (tertiary/aromatic N) is 1. The van der Waals surface area contributed by atoms with Crippen molar-refractivity contribution < 1.29 is 28.9 Å². The Balaban J connectivity index is 1.67. The molecule has 1 aliphatic rings. The molecular formula is C30H24BrCl2NO6S. The molecule has 0 saturated heterocycles. The van der Waals surface area contributed by atoms with Gasteiger partial charge in [-0.1, -0.05) is 75.2 Å². The number of amides is 1. The second-order valence-electron chi connectivity index (χ2n) is 8.64. The number of halogens is 3. The smallest absolute Gasteiger partial charge is 0.344 e. The molecule has 3 aromatic rings. The molecule has 1 aliphatic heterocycles. The predicted molar refractivity (Wildman–Crippen MR) is 166 cm³/mol. The molecule has 0 atom stereocenters. The normalized spacial score (nSPS) is 15.0. The fourth-order valence-electron chi connectivity index (χ4n) is 3.83. The summed E-state index contributed by atoms with van der Waals surface area (Å²) in [6.07, 6.45) is 1.65. The lowest BCUT2D eigenvalue weighted by molar-refractivity contribution is -0.138. The SMILES string of the molecule is CCOC(=O)C1=C(O)/C(=C/c2cc(OC)c(OCc3ccc(Cl)cc3Cl)cc2Br)SC1=NC(=O)c1ccccc1C. The fourth-order valence-corrected chi connectivity index (χ4v) is 5.73. The quantitative estimate of drug-likeness (QED) is 0.240. The summed E-state index contributed by atoms with van der Waals surface area (Å²) < 4.78 is 17.3. The number of benzene rings is 3. The van der Waals surface area contributed by atoms with Gasteiger partial charge in [-0.25, -0.2) is 9.79 Å². The van der Waals surface area contributed by atoms with E-state index >= 15 is 0 Å². The molecule has 3 aromatic carbocycles. The summed E-state index contributed by atoms with van der Waals surface area (Å²) in [5.74, 6) is -0.783. The van der Waals surface area contributed by atoms with Crippen molar-refractivity contribution in [2.24, 2.45) is 4.99 Å². The topological polar surface area (TPSA) is 94.4 Å². The van der Waals surface area contributed by atoms with Crippen LogP contribution in [0.1, 0.15) is 34.0 Å². The van der Waals surface area contributed by atoms with E-state index in [0.717, 1.165) is 22.9 Å². The van der Waals surface area contributed by atoms with Gasteiger partial charge in [0.15, 0.2) is 11.5 Å². The number of carbonyl (C=O) groups excluding carboxylic acids is 2. The Kier molecular flexibility index (Phi) is 10.2. The first-order valence-electron chi connectivity index (χ1n) is 12.3. The van der Waals surface area contributed by atoms with Crippen LogP contribution in [0.25, 0.3) is 6.08 Å². The summed E-state index contributed by atoms with van der Waals surface area (Å²) in [5.41, 5.74) is 2.32. The molecule has 41 heavy (non-hydrogen) atoms. The van der Waals surface area contributed by atoms with Crippen LogP contribution in [-0.2, 0) is 16.1 Å². The Hall–Kier alpha value is -3.24. The Morgan fingerprint density at radius 2 is 1.85 bits per heavy atom. The molecule has 0 radical (unpaired) electrons. The maximum atomic E-state index is 13.0. The molecule has 0 fully saturated rings. The number of methoxy groups -OCH3 is 1. The van der Waals surface area contributed by atoms with Crippen molar-refractivity contribution in [2.45, 2.75) is 20.5 Å². The maximum absolute atomic E-state index is 13.0. The van der Waals surface area contributed by atoms with E-state index in [0.29, 0.717) is 42.0 Å². The van der Waals surface area contributed by atoms with Crippen LogP contribution in [-0.4, -0.2) is 35.7 Å². The third-order valence-corrected chi connectivity index (χ3v) is 8.21. The van der Waals surface area contributed by atoms with Crippen LogP contribution in [0.4, 0.5) is 0 Å². The lowest BCUT2D eigenvalue weighted by Crippen LogP contribution is -2.14. The fraction of sp³-hybridized carbons (Fsp3) is 0.167. The van der Waals surface area contributed by atoms with Crippen LogP contribution in [0.2, 0.25) is 10.0 Å². The van der Waals surface area contributed by atoms with Gasteiger partial charge in [-0.2, -0.15) is 0 Å². The molecule has 0 spiro atoms. The van der Waals surface area contributed by atoms with E-state index in [2.05, 4.69) is 20.9 Å². The number of aliphatic imine (C=N–C) groups is 1. The number of aryl methyl sites for hydroxylation is 1. The maximum Gasteiger partial charge on any atom is 0.344 e. The molecule has 11 heteroatoms. The highest BCUT2D eigenvalue weighted by Gasteiger charge is 2.34. The standard InChI is InChI=1S/C30H24BrCl2NO6S/c1-4-39-30(37)26-27(35)25(41-29(26)34-28(36)20-8-6-5-7-16(20)2)12-18-11-23(38-3)24(14-21(18)31)40-15-17-9-10-19(32)13-22(17)33/h5-14,35H,4,15H2,1-3H3/b25-12-,34-29?. The summed E-state index contributed by atoms with van der Waals surface area (Å²) >= 11 is 16.8. The van der Waals surface area contributed by atoms with Crippen LogP contribution < -0.4 is 9.47 Å². The van der Waals surface area contributed by atoms with Crippen molar-refractivity contribution in [3.63, 3.8) is 0 Å². The van der Waals surface area contributed by atoms with Crippen LogP contribution in [0.5, 0.6) is 11.5 Å². The van der Waals surface area contributed by atoms with E-state index < -0.39 is 11.9 Å². The minimum absolute atomic E-state index is 0.0448. The summed E-state index contributed by atoms with van der Waals surface area (Å²) in [4.78, 5) is 30.2. The van der Waals surface area contributed by atoms with Crippen molar-refractivity contribution in [3.05, 3.63) is 108 Å². The van der Waals surface area contributed by atoms with Gasteiger partial charge in [0, 0.05) is 25.6 Å². The van der Waals surface area contributed by atoms with Crippen molar-refractivity contribution in [2.75, 3.05) is 13.7 Å². The van der Waals surface area contributed by atoms with Gasteiger partial charge in [-0.05, 0) is 61.4 Å². The second-order valence-corrected chi connectivity index (χ2v) is 11.4. The molecule has 4 rings (SSSR count). The molecule has 0 aromatic heterocycles. The van der Waals surface area contributed by atoms with Gasteiger partial charge < -0.3 is 19.3 Å². The monoisotopic (exact) mass is 675 g/mol. The first-order chi connectivity index (χ1) is 19.6. The number of rotatable bonds is 8. The second kappa shape index (κ2) is 13.6. The van der Waals surface area contributed by atoms with E-state index in [-0.39, 0.29) is 29.6 Å². The third-order valence-electron chi connectivity index (χ3n) is 5.92. The average Bonchev–Trinajstić information content (AvgIpc) is 3.23. The Morgan fingerprint density at radius 1 is 1.10 bits per heavy atom. The largest absolute Gasteiger partial charge is 0.506 e. The van der Waals surface area contributed by atoms with Crippen LogP contribution in [0, 0.1) is 6.92 Å². The number of thioether (sulfide) groups is 1. The van der Waals surface area contributed by atoms with Crippen LogP contribution >= 0.6 is 50.9 Å². The van der Waals surface area contributed by atoms with Gasteiger partial charge in [-0.15, -0.1) is 0 Å². The number of carbonyl (C=O) groups is 2. The summed E-state index contributed by atoms with van der Waals surface area (Å²) in [7, 11) is 1.50. The molecule has 7 nitrogen and oxygen atoms in total. The third kappa shape index (κ3) is 7.16. The highest BCUT2D eigenvalue weighted by molar-refractivity contribution is 9.10. The molecule has 1 heterocycles.